The first kappa shape index (κ1) is 14.8. The van der Waals surface area contributed by atoms with Crippen LogP contribution < -0.4 is 0 Å². The smallest absolute Gasteiger partial charge is 0.332 e. The van der Waals surface area contributed by atoms with Crippen molar-refractivity contribution in [1.82, 2.24) is 14.5 Å². The molecule has 0 N–H and O–H groups in total. The molecule has 1 fully saturated rings. The number of ether oxygens (including phenoxy) is 1. The van der Waals surface area contributed by atoms with Gasteiger partial charge in [-0.2, -0.15) is 0 Å². The summed E-state index contributed by atoms with van der Waals surface area (Å²) >= 11 is 0. The summed E-state index contributed by atoms with van der Waals surface area (Å²) in [6.07, 6.45) is 1.60. The number of amides is 1. The summed E-state index contributed by atoms with van der Waals surface area (Å²) in [7, 11) is 0. The Morgan fingerprint density at radius 3 is 2.50 bits per heavy atom. The first-order valence-corrected chi connectivity index (χ1v) is 7.41. The average Bonchev–Trinajstić information content (AvgIpc) is 3.02. The highest BCUT2D eigenvalue weighted by Gasteiger charge is 2.37. The Morgan fingerprint density at radius 1 is 1.23 bits per heavy atom. The monoisotopic (exact) mass is 299 g/mol. The molecule has 22 heavy (non-hydrogen) atoms. The molecule has 1 amide bonds. The van der Waals surface area contributed by atoms with E-state index in [1.165, 1.54) is 5.56 Å². The summed E-state index contributed by atoms with van der Waals surface area (Å²) in [5, 5.41) is 0. The number of hydrogen-bond donors (Lipinski definition) is 0. The van der Waals surface area contributed by atoms with Gasteiger partial charge in [0.25, 0.3) is 0 Å². The molecular formula is C17H21N3O2. The molecule has 5 nitrogen and oxygen atoms in total. The second kappa shape index (κ2) is 5.25. The van der Waals surface area contributed by atoms with Gasteiger partial charge in [0.05, 0.1) is 23.5 Å². The first-order chi connectivity index (χ1) is 10.4. The van der Waals surface area contributed by atoms with Crippen LogP contribution >= 0.6 is 0 Å². The molecule has 0 unspecified atom stereocenters. The lowest BCUT2D eigenvalue weighted by molar-refractivity contribution is 0.140. The van der Waals surface area contributed by atoms with E-state index in [4.69, 9.17) is 4.74 Å². The quantitative estimate of drug-likeness (QED) is 0.812. The van der Waals surface area contributed by atoms with Crippen LogP contribution in [0.2, 0.25) is 0 Å². The minimum atomic E-state index is -0.294. The van der Waals surface area contributed by atoms with Gasteiger partial charge in [-0.3, -0.25) is 9.47 Å². The normalized spacial score (nSPS) is 17.0. The summed E-state index contributed by atoms with van der Waals surface area (Å²) in [5.74, 6) is 0. The summed E-state index contributed by atoms with van der Waals surface area (Å²) < 4.78 is 7.03. The van der Waals surface area contributed by atoms with Gasteiger partial charge < -0.3 is 4.74 Å². The van der Waals surface area contributed by atoms with E-state index in [1.54, 1.807) is 15.8 Å². The standard InChI is InChI=1S/C17H21N3O2/c1-12-5-7-14(8-6-12)15-13(2)19(10-18-15)16(21)20-11-22-9-17(20,3)4/h5-8,10H,9,11H2,1-4H3. The highest BCUT2D eigenvalue weighted by molar-refractivity contribution is 5.80. The fourth-order valence-electron chi connectivity index (χ4n) is 2.68. The van der Waals surface area contributed by atoms with Crippen molar-refractivity contribution in [3.63, 3.8) is 0 Å². The largest absolute Gasteiger partial charge is 0.359 e. The zero-order chi connectivity index (χ0) is 15.9. The highest BCUT2D eigenvalue weighted by atomic mass is 16.5. The van der Waals surface area contributed by atoms with Crippen molar-refractivity contribution in [2.75, 3.05) is 13.3 Å². The second-order valence-electron chi connectivity index (χ2n) is 6.42. The average molecular weight is 299 g/mol. The number of hydrogen-bond acceptors (Lipinski definition) is 3. The molecule has 2 heterocycles. The summed E-state index contributed by atoms with van der Waals surface area (Å²) in [5.41, 5.74) is 3.61. The number of carbonyl (C=O) groups is 1. The molecule has 1 aromatic carbocycles. The molecule has 1 saturated heterocycles. The van der Waals surface area contributed by atoms with Crippen molar-refractivity contribution in [3.05, 3.63) is 41.9 Å². The van der Waals surface area contributed by atoms with Crippen molar-refractivity contribution in [2.45, 2.75) is 33.2 Å². The van der Waals surface area contributed by atoms with Gasteiger partial charge in [0, 0.05) is 5.56 Å². The van der Waals surface area contributed by atoms with Gasteiger partial charge in [-0.25, -0.2) is 9.78 Å². The van der Waals surface area contributed by atoms with Crippen molar-refractivity contribution in [1.29, 1.82) is 0 Å². The zero-order valence-electron chi connectivity index (χ0n) is 13.5. The number of nitrogens with zero attached hydrogens (tertiary/aromatic N) is 3. The van der Waals surface area contributed by atoms with E-state index < -0.39 is 0 Å². The number of aromatic nitrogens is 2. The lowest BCUT2D eigenvalue weighted by Crippen LogP contribution is -2.46. The van der Waals surface area contributed by atoms with E-state index in [0.29, 0.717) is 13.3 Å². The molecule has 1 aromatic heterocycles. The molecule has 0 radical (unpaired) electrons. The van der Waals surface area contributed by atoms with Gasteiger partial charge >= 0.3 is 6.03 Å². The Morgan fingerprint density at radius 2 is 1.91 bits per heavy atom. The predicted molar refractivity (Wildman–Crippen MR) is 84.7 cm³/mol. The number of benzene rings is 1. The van der Waals surface area contributed by atoms with Crippen LogP contribution in [0.4, 0.5) is 4.79 Å². The van der Waals surface area contributed by atoms with E-state index in [0.717, 1.165) is 17.0 Å². The van der Waals surface area contributed by atoms with Gasteiger partial charge in [-0.05, 0) is 27.7 Å². The second-order valence-corrected chi connectivity index (χ2v) is 6.42. The maximum absolute atomic E-state index is 12.8. The molecule has 3 rings (SSSR count). The predicted octanol–water partition coefficient (Wildman–Crippen LogP) is 3.20. The van der Waals surface area contributed by atoms with Crippen molar-refractivity contribution in [3.8, 4) is 11.3 Å². The van der Waals surface area contributed by atoms with Gasteiger partial charge in [0.2, 0.25) is 0 Å². The highest BCUT2D eigenvalue weighted by Crippen LogP contribution is 2.26. The zero-order valence-corrected chi connectivity index (χ0v) is 13.5. The summed E-state index contributed by atoms with van der Waals surface area (Å²) in [6, 6.07) is 8.07. The van der Waals surface area contributed by atoms with Crippen LogP contribution in [0.3, 0.4) is 0 Å². The lowest BCUT2D eigenvalue weighted by atomic mass is 10.1. The minimum Gasteiger partial charge on any atom is -0.359 e. The van der Waals surface area contributed by atoms with E-state index in [-0.39, 0.29) is 11.6 Å². The van der Waals surface area contributed by atoms with Crippen LogP contribution in [-0.2, 0) is 4.74 Å². The molecule has 0 spiro atoms. The fourth-order valence-corrected chi connectivity index (χ4v) is 2.68. The van der Waals surface area contributed by atoms with Crippen LogP contribution in [0, 0.1) is 13.8 Å². The maximum Gasteiger partial charge on any atom is 0.332 e. The topological polar surface area (TPSA) is 47.4 Å². The minimum absolute atomic E-state index is 0.0918. The number of imidazole rings is 1. The van der Waals surface area contributed by atoms with Crippen LogP contribution in [-0.4, -0.2) is 39.4 Å². The van der Waals surface area contributed by atoms with E-state index in [1.807, 2.05) is 52.0 Å². The molecule has 1 aliphatic heterocycles. The van der Waals surface area contributed by atoms with Crippen molar-refractivity contribution in [2.24, 2.45) is 0 Å². The molecule has 5 heteroatoms. The summed E-state index contributed by atoms with van der Waals surface area (Å²) in [4.78, 5) is 18.9. The molecule has 0 atom stereocenters. The Hall–Kier alpha value is -2.14. The van der Waals surface area contributed by atoms with Gasteiger partial charge in [0.15, 0.2) is 0 Å². The molecule has 0 aliphatic carbocycles. The SMILES string of the molecule is Cc1ccc(-c2ncn(C(=O)N3COCC3(C)C)c2C)cc1. The van der Waals surface area contributed by atoms with Crippen molar-refractivity contribution >= 4 is 6.03 Å². The Labute approximate surface area is 130 Å². The van der Waals surface area contributed by atoms with Gasteiger partial charge in [-0.15, -0.1) is 0 Å². The number of carbonyl (C=O) groups excluding carboxylic acids is 1. The van der Waals surface area contributed by atoms with Crippen LogP contribution in [0.15, 0.2) is 30.6 Å². The fraction of sp³-hybridized carbons (Fsp3) is 0.412. The van der Waals surface area contributed by atoms with Crippen LogP contribution in [0.25, 0.3) is 11.3 Å². The number of rotatable bonds is 1. The third kappa shape index (κ3) is 2.41. The third-order valence-electron chi connectivity index (χ3n) is 4.17. The Kier molecular flexibility index (Phi) is 3.53. The molecular weight excluding hydrogens is 278 g/mol. The van der Waals surface area contributed by atoms with E-state index in [2.05, 4.69) is 4.98 Å². The first-order valence-electron chi connectivity index (χ1n) is 7.41. The Bertz CT molecular complexity index is 701. The van der Waals surface area contributed by atoms with Gasteiger partial charge in [-0.1, -0.05) is 29.8 Å². The number of aryl methyl sites for hydroxylation is 1. The third-order valence-corrected chi connectivity index (χ3v) is 4.17. The van der Waals surface area contributed by atoms with Crippen molar-refractivity contribution < 1.29 is 9.53 Å². The van der Waals surface area contributed by atoms with Crippen LogP contribution in [0.1, 0.15) is 25.1 Å². The van der Waals surface area contributed by atoms with E-state index >= 15 is 0 Å². The van der Waals surface area contributed by atoms with Gasteiger partial charge in [0.1, 0.15) is 13.1 Å². The molecule has 0 bridgehead atoms. The Balaban J connectivity index is 1.93. The summed E-state index contributed by atoms with van der Waals surface area (Å²) in [6.45, 7) is 8.86. The van der Waals surface area contributed by atoms with E-state index in [9.17, 15) is 4.79 Å². The molecule has 1 aliphatic rings. The molecule has 2 aromatic rings. The maximum atomic E-state index is 12.8. The molecule has 116 valence electrons. The lowest BCUT2D eigenvalue weighted by Gasteiger charge is -2.29. The van der Waals surface area contributed by atoms with Crippen LogP contribution in [0.5, 0.6) is 0 Å². The molecule has 0 saturated carbocycles.